The Morgan fingerprint density at radius 1 is 0.415 bits per heavy atom. The van der Waals surface area contributed by atoms with E-state index in [1.807, 2.05) is 0 Å². The Morgan fingerprint density at radius 3 is 1.72 bits per heavy atom. The molecule has 1 spiro atoms. The van der Waals surface area contributed by atoms with Crippen LogP contribution in [0.25, 0.3) is 44.9 Å². The summed E-state index contributed by atoms with van der Waals surface area (Å²) in [5.41, 5.74) is 22.9. The van der Waals surface area contributed by atoms with Crippen molar-refractivity contribution in [1.82, 2.24) is 0 Å². The molecule has 2 aliphatic carbocycles. The molecule has 252 valence electrons. The average Bonchev–Trinajstić information content (AvgIpc) is 3.23. The van der Waals surface area contributed by atoms with Crippen molar-refractivity contribution in [3.05, 3.63) is 196 Å². The van der Waals surface area contributed by atoms with E-state index in [4.69, 9.17) is 0 Å². The van der Waals surface area contributed by atoms with Crippen molar-refractivity contribution in [2.24, 2.45) is 0 Å². The van der Waals surface area contributed by atoms with Crippen molar-refractivity contribution in [2.45, 2.75) is 57.2 Å². The van der Waals surface area contributed by atoms with Crippen LogP contribution in [-0.4, -0.2) is 0 Å². The van der Waals surface area contributed by atoms with Crippen molar-refractivity contribution in [3.63, 3.8) is 0 Å². The maximum Gasteiger partial charge on any atom is 0.344 e. The van der Waals surface area contributed by atoms with Crippen LogP contribution in [0.2, 0.25) is 0 Å². The van der Waals surface area contributed by atoms with Gasteiger partial charge in [-0.15, -0.1) is 9.13 Å². The molecule has 3 aromatic heterocycles. The third-order valence-electron chi connectivity index (χ3n) is 12.9. The van der Waals surface area contributed by atoms with Crippen LogP contribution in [0.5, 0.6) is 0 Å². The zero-order valence-electron chi connectivity index (χ0n) is 29.9. The lowest BCUT2D eigenvalue weighted by Crippen LogP contribution is -2.63. The fourth-order valence-electron chi connectivity index (χ4n) is 10.6. The Morgan fingerprint density at radius 2 is 0.943 bits per heavy atom. The first-order valence-electron chi connectivity index (χ1n) is 19.4. The van der Waals surface area contributed by atoms with Gasteiger partial charge in [-0.1, -0.05) is 72.8 Å². The summed E-state index contributed by atoms with van der Waals surface area (Å²) in [5, 5.41) is 0. The van der Waals surface area contributed by atoms with E-state index in [2.05, 4.69) is 160 Å². The van der Waals surface area contributed by atoms with Gasteiger partial charge in [0.25, 0.3) is 0 Å². The summed E-state index contributed by atoms with van der Waals surface area (Å²) in [5.74, 6) is 0. The zero-order chi connectivity index (χ0) is 34.7. The molecule has 4 aromatic carbocycles. The normalized spacial score (nSPS) is 19.7. The first-order valence-corrected chi connectivity index (χ1v) is 19.4. The summed E-state index contributed by atoms with van der Waals surface area (Å²) >= 11 is 0. The summed E-state index contributed by atoms with van der Waals surface area (Å²) in [7, 11) is 0. The maximum absolute atomic E-state index is 2.75. The lowest BCUT2D eigenvalue weighted by Gasteiger charge is -2.39. The van der Waals surface area contributed by atoms with Crippen LogP contribution >= 0.6 is 0 Å². The number of hydrogen-bond acceptors (Lipinski definition) is 0. The van der Waals surface area contributed by atoms with Gasteiger partial charge >= 0.3 is 6.67 Å². The summed E-state index contributed by atoms with van der Waals surface area (Å²) in [6, 6.07) is 49.9. The van der Waals surface area contributed by atoms with E-state index in [0.29, 0.717) is 0 Å². The monoisotopic (exact) mass is 682 g/mol. The highest BCUT2D eigenvalue weighted by Gasteiger charge is 2.53. The number of pyridine rings is 3. The smallest absolute Gasteiger partial charge is 0.188 e. The van der Waals surface area contributed by atoms with Crippen LogP contribution in [0.3, 0.4) is 0 Å². The Kier molecular flexibility index (Phi) is 6.17. The zero-order valence-corrected chi connectivity index (χ0v) is 29.9. The molecule has 3 nitrogen and oxygen atoms in total. The highest BCUT2D eigenvalue weighted by molar-refractivity contribution is 6.02. The highest BCUT2D eigenvalue weighted by Crippen LogP contribution is 2.51. The quantitative estimate of drug-likeness (QED) is 0.143. The van der Waals surface area contributed by atoms with E-state index < -0.39 is 5.54 Å². The van der Waals surface area contributed by atoms with Crippen molar-refractivity contribution in [3.8, 4) is 33.8 Å². The molecule has 0 amide bonds. The number of aryl methyl sites for hydroxylation is 4. The molecule has 6 aliphatic heterocycles. The van der Waals surface area contributed by atoms with Crippen LogP contribution in [-0.2, 0) is 57.2 Å². The number of nitrogens with zero attached hydrogens (tertiary/aromatic N) is 3. The predicted molar refractivity (Wildman–Crippen MR) is 209 cm³/mol. The molecule has 0 saturated heterocycles. The summed E-state index contributed by atoms with van der Waals surface area (Å²) < 4.78 is 7.83. The van der Waals surface area contributed by atoms with Crippen LogP contribution in [0.1, 0.15) is 50.1 Å². The van der Waals surface area contributed by atoms with Crippen LogP contribution in [0, 0.1) is 0 Å². The fourth-order valence-corrected chi connectivity index (χ4v) is 10.6. The van der Waals surface area contributed by atoms with E-state index in [1.165, 1.54) is 95.0 Å². The minimum absolute atomic E-state index is 0.396. The molecule has 0 radical (unpaired) electrons. The van der Waals surface area contributed by atoms with Crippen molar-refractivity contribution >= 4 is 11.1 Å². The van der Waals surface area contributed by atoms with Gasteiger partial charge in [0.2, 0.25) is 22.6 Å². The van der Waals surface area contributed by atoms with Gasteiger partial charge < -0.3 is 0 Å². The fraction of sp³-hybridized carbons (Fsp3) is 0.180. The lowest BCUT2D eigenvalue weighted by atomic mass is 9.68. The molecule has 53 heavy (non-hydrogen) atoms. The molecule has 9 heterocycles. The van der Waals surface area contributed by atoms with Gasteiger partial charge in [-0.2, -0.15) is 4.57 Å². The first kappa shape index (κ1) is 29.6. The van der Waals surface area contributed by atoms with Crippen molar-refractivity contribution in [2.75, 3.05) is 0 Å². The molecule has 1 atom stereocenters. The van der Waals surface area contributed by atoms with E-state index in [0.717, 1.165) is 51.6 Å². The molecule has 13 bridgehead atoms. The number of hydrogen-bond donors (Lipinski definition) is 0. The third-order valence-corrected chi connectivity index (χ3v) is 12.9. The molecule has 7 aromatic rings. The van der Waals surface area contributed by atoms with Crippen LogP contribution in [0.15, 0.2) is 146 Å². The van der Waals surface area contributed by atoms with Crippen molar-refractivity contribution < 1.29 is 13.7 Å². The van der Waals surface area contributed by atoms with Gasteiger partial charge in [0.15, 0.2) is 18.6 Å². The maximum atomic E-state index is 2.75. The second-order valence-corrected chi connectivity index (χ2v) is 16.0. The van der Waals surface area contributed by atoms with Gasteiger partial charge in [0.05, 0.1) is 11.1 Å². The van der Waals surface area contributed by atoms with Gasteiger partial charge in [-0.3, -0.25) is 0 Å². The molecule has 0 N–H and O–H groups in total. The standard InChI is InChI=1S/C50H40N3/c1-2-8-40-39(7-1)26-45-41-9-3-4-10-42(41)47-20-17-33-13-15-35-23-36-16-14-34-18-22-48-43-11-5-6-12-44(43)49(45)50(53(48)31-34,28-38(24-35)25-36)27-37-19-21-46(40)52(30-37)32-51(47)29-33/h1-12,17-25,29-31H,13-16,26-28,32H2/q+3/b49-45-. The van der Waals surface area contributed by atoms with E-state index in [9.17, 15) is 0 Å². The Hall–Kier alpha value is -5.93. The molecule has 15 rings (SSSR count). The Labute approximate surface area is 310 Å². The van der Waals surface area contributed by atoms with Gasteiger partial charge in [-0.25, -0.2) is 0 Å². The summed E-state index contributed by atoms with van der Waals surface area (Å²) in [6.45, 7) is 0.739. The van der Waals surface area contributed by atoms with E-state index in [-0.39, 0.29) is 0 Å². The highest BCUT2D eigenvalue weighted by atomic mass is 15.2. The molecular formula is C50H40N3+3. The number of fused-ring (bicyclic) bond motifs is 6. The number of rotatable bonds is 0. The van der Waals surface area contributed by atoms with Crippen LogP contribution in [0.4, 0.5) is 0 Å². The number of allylic oxidation sites excluding steroid dienone is 2. The second kappa shape index (κ2) is 11.0. The minimum atomic E-state index is -0.396. The molecule has 1 unspecified atom stereocenters. The lowest BCUT2D eigenvalue weighted by molar-refractivity contribution is -0.903. The van der Waals surface area contributed by atoms with Gasteiger partial charge in [0, 0.05) is 58.9 Å². The Balaban J connectivity index is 1.36. The second-order valence-electron chi connectivity index (χ2n) is 16.0. The minimum Gasteiger partial charge on any atom is -0.188 e. The first-order chi connectivity index (χ1) is 26.2. The number of benzene rings is 4. The Bertz CT molecular complexity index is 2750. The molecule has 0 fully saturated rings. The third kappa shape index (κ3) is 4.43. The van der Waals surface area contributed by atoms with E-state index >= 15 is 0 Å². The molecule has 3 heteroatoms. The van der Waals surface area contributed by atoms with Gasteiger partial charge in [0.1, 0.15) is 0 Å². The summed E-state index contributed by atoms with van der Waals surface area (Å²) in [4.78, 5) is 0. The predicted octanol–water partition coefficient (Wildman–Crippen LogP) is 8.23. The van der Waals surface area contributed by atoms with Gasteiger partial charge in [-0.05, 0) is 107 Å². The SMILES string of the molecule is c1ccc2c(c1)C/C1=C3\c4ccccc4-c4ccc5c[n+]4C34Cc3cc(cc(c3)CC5)CCc3ccc([n+](c3)C[n+]3cc(ccc3-2)C4)-c2ccccc21. The molecule has 0 saturated carbocycles. The van der Waals surface area contributed by atoms with Crippen molar-refractivity contribution in [1.29, 1.82) is 0 Å². The van der Waals surface area contributed by atoms with E-state index in [1.54, 1.807) is 0 Å². The topological polar surface area (TPSA) is 11.6 Å². The molecular weight excluding hydrogens is 643 g/mol. The molecule has 8 aliphatic rings. The van der Waals surface area contributed by atoms with Crippen LogP contribution < -0.4 is 13.7 Å². The average molecular weight is 683 g/mol. The summed E-state index contributed by atoms with van der Waals surface area (Å²) in [6.07, 6.45) is 14.2. The largest absolute Gasteiger partial charge is 0.344 e. The number of aromatic nitrogens is 3.